The van der Waals surface area contributed by atoms with Gasteiger partial charge >= 0.3 is 0 Å². The van der Waals surface area contributed by atoms with E-state index in [1.165, 1.54) is 40.8 Å². The lowest BCUT2D eigenvalue weighted by Gasteiger charge is -2.25. The number of rotatable bonds is 5. The number of para-hydroxylation sites is 1. The topological polar surface area (TPSA) is 58.1 Å². The van der Waals surface area contributed by atoms with Gasteiger partial charge in [0.25, 0.3) is 0 Å². The highest BCUT2D eigenvalue weighted by Gasteiger charge is 2.33. The minimum Gasteiger partial charge on any atom is -0.330 e. The first-order chi connectivity index (χ1) is 13.5. The minimum atomic E-state index is -0.316. The second-order valence-corrected chi connectivity index (χ2v) is 9.22. The summed E-state index contributed by atoms with van der Waals surface area (Å²) in [4.78, 5) is 15.0. The summed E-state index contributed by atoms with van der Waals surface area (Å²) in [5.74, 6) is -0.249. The van der Waals surface area contributed by atoms with Crippen LogP contribution in [0.15, 0.2) is 52.9 Å². The molecule has 5 nitrogen and oxygen atoms in total. The van der Waals surface area contributed by atoms with E-state index in [1.807, 2.05) is 30.0 Å². The summed E-state index contributed by atoms with van der Waals surface area (Å²) in [5, 5.41) is 11.6. The number of anilines is 3. The smallest absolute Gasteiger partial charge is 0.240 e. The van der Waals surface area contributed by atoms with Gasteiger partial charge in [0, 0.05) is 17.4 Å². The third kappa shape index (κ3) is 3.88. The van der Waals surface area contributed by atoms with Crippen LogP contribution in [0.1, 0.15) is 19.4 Å². The molecule has 1 aromatic heterocycles. The van der Waals surface area contributed by atoms with Crippen molar-refractivity contribution in [1.29, 1.82) is 0 Å². The number of hydrogen-bond donors (Lipinski definition) is 1. The first-order valence-electron chi connectivity index (χ1n) is 8.95. The molecule has 1 N–H and O–H groups in total. The van der Waals surface area contributed by atoms with Gasteiger partial charge in [-0.05, 0) is 50.1 Å². The van der Waals surface area contributed by atoms with E-state index in [-0.39, 0.29) is 23.0 Å². The minimum absolute atomic E-state index is 0.0669. The number of amides is 1. The third-order valence-corrected chi connectivity index (χ3v) is 6.56. The summed E-state index contributed by atoms with van der Waals surface area (Å²) >= 11 is 2.73. The van der Waals surface area contributed by atoms with E-state index < -0.39 is 0 Å². The summed E-state index contributed by atoms with van der Waals surface area (Å²) in [6.07, 6.45) is 0.875. The number of halogens is 1. The van der Waals surface area contributed by atoms with Crippen molar-refractivity contribution < 1.29 is 9.18 Å². The number of fused-ring (bicyclic) bond motifs is 1. The van der Waals surface area contributed by atoms with Crippen LogP contribution in [-0.2, 0) is 11.2 Å². The van der Waals surface area contributed by atoms with Gasteiger partial charge in [-0.1, -0.05) is 47.4 Å². The molecular formula is C20H19FN4OS2. The summed E-state index contributed by atoms with van der Waals surface area (Å²) in [6, 6.07) is 14.4. The van der Waals surface area contributed by atoms with Crippen LogP contribution in [-0.4, -0.2) is 27.4 Å². The maximum atomic E-state index is 13.3. The van der Waals surface area contributed by atoms with Crippen molar-refractivity contribution in [2.75, 3.05) is 10.2 Å². The average Bonchev–Trinajstić information content (AvgIpc) is 3.24. The predicted octanol–water partition coefficient (Wildman–Crippen LogP) is 4.88. The molecule has 0 saturated carbocycles. The first-order valence-corrected chi connectivity index (χ1v) is 10.6. The Balaban J connectivity index is 1.43. The number of aromatic nitrogens is 2. The number of thioether (sulfide) groups is 1. The van der Waals surface area contributed by atoms with Gasteiger partial charge in [0.05, 0.1) is 5.25 Å². The number of nitrogens with zero attached hydrogens (tertiary/aromatic N) is 3. The number of benzene rings is 2. The number of carbonyl (C=O) groups is 1. The highest BCUT2D eigenvalue weighted by Crippen LogP contribution is 2.36. The zero-order valence-corrected chi connectivity index (χ0v) is 17.1. The van der Waals surface area contributed by atoms with Crippen LogP contribution in [0.3, 0.4) is 0 Å². The van der Waals surface area contributed by atoms with Crippen molar-refractivity contribution in [3.05, 3.63) is 59.9 Å². The lowest BCUT2D eigenvalue weighted by molar-refractivity contribution is -0.118. The molecule has 4 rings (SSSR count). The average molecular weight is 415 g/mol. The molecule has 0 spiro atoms. The van der Waals surface area contributed by atoms with Gasteiger partial charge in [0.15, 0.2) is 4.34 Å². The molecule has 0 radical (unpaired) electrons. The van der Waals surface area contributed by atoms with E-state index in [2.05, 4.69) is 28.5 Å². The zero-order chi connectivity index (χ0) is 19.7. The molecule has 0 saturated heterocycles. The molecular weight excluding hydrogens is 395 g/mol. The fourth-order valence-corrected chi connectivity index (χ4v) is 5.26. The van der Waals surface area contributed by atoms with Crippen LogP contribution in [0.5, 0.6) is 0 Å². The van der Waals surface area contributed by atoms with Gasteiger partial charge in [-0.2, -0.15) is 0 Å². The Hall–Kier alpha value is -2.45. The van der Waals surface area contributed by atoms with Crippen LogP contribution in [0, 0.1) is 5.82 Å². The maximum Gasteiger partial charge on any atom is 0.240 e. The molecule has 1 aliphatic rings. The van der Waals surface area contributed by atoms with Crippen molar-refractivity contribution in [1.82, 2.24) is 10.2 Å². The number of nitrogens with one attached hydrogen (secondary N) is 1. The van der Waals surface area contributed by atoms with Gasteiger partial charge in [0.2, 0.25) is 11.0 Å². The van der Waals surface area contributed by atoms with Crippen molar-refractivity contribution in [3.63, 3.8) is 0 Å². The Morgan fingerprint density at radius 1 is 1.29 bits per heavy atom. The van der Waals surface area contributed by atoms with Crippen molar-refractivity contribution in [3.8, 4) is 0 Å². The van der Waals surface area contributed by atoms with Crippen molar-refractivity contribution in [2.24, 2.45) is 0 Å². The highest BCUT2D eigenvalue weighted by atomic mass is 32.2. The van der Waals surface area contributed by atoms with E-state index in [0.717, 1.165) is 12.1 Å². The van der Waals surface area contributed by atoms with E-state index in [4.69, 9.17) is 0 Å². The second-order valence-electron chi connectivity index (χ2n) is 6.66. The fourth-order valence-electron chi connectivity index (χ4n) is 3.30. The molecule has 2 heterocycles. The van der Waals surface area contributed by atoms with Gasteiger partial charge in [-0.25, -0.2) is 4.39 Å². The van der Waals surface area contributed by atoms with Crippen LogP contribution < -0.4 is 10.2 Å². The first kappa shape index (κ1) is 18.9. The summed E-state index contributed by atoms with van der Waals surface area (Å²) in [6.45, 7) is 3.96. The number of hydrogen-bond acceptors (Lipinski definition) is 6. The SMILES string of the molecule is C[C@@H](Sc1nnc(Nc2cccc(F)c2)s1)C(=O)N1c2ccccc2C[C@@H]1C. The van der Waals surface area contributed by atoms with Gasteiger partial charge in [-0.3, -0.25) is 4.79 Å². The molecule has 1 aliphatic heterocycles. The summed E-state index contributed by atoms with van der Waals surface area (Å²) in [5.41, 5.74) is 2.82. The fraction of sp³-hybridized carbons (Fsp3) is 0.250. The molecule has 0 fully saturated rings. The van der Waals surface area contributed by atoms with Gasteiger partial charge < -0.3 is 10.2 Å². The Morgan fingerprint density at radius 3 is 2.93 bits per heavy atom. The predicted molar refractivity (Wildman–Crippen MR) is 112 cm³/mol. The van der Waals surface area contributed by atoms with Crippen molar-refractivity contribution in [2.45, 2.75) is 35.9 Å². The zero-order valence-electron chi connectivity index (χ0n) is 15.4. The molecule has 8 heteroatoms. The number of carbonyl (C=O) groups excluding carboxylic acids is 1. The largest absolute Gasteiger partial charge is 0.330 e. The lowest BCUT2D eigenvalue weighted by Crippen LogP contribution is -2.40. The molecule has 28 heavy (non-hydrogen) atoms. The van der Waals surface area contributed by atoms with Crippen LogP contribution >= 0.6 is 23.1 Å². The molecule has 0 unspecified atom stereocenters. The van der Waals surface area contributed by atoms with Crippen LogP contribution in [0.2, 0.25) is 0 Å². The summed E-state index contributed by atoms with van der Waals surface area (Å²) in [7, 11) is 0. The van der Waals surface area contributed by atoms with E-state index >= 15 is 0 Å². The normalized spacial score (nSPS) is 16.7. The van der Waals surface area contributed by atoms with Crippen LogP contribution in [0.4, 0.5) is 20.9 Å². The third-order valence-electron chi connectivity index (χ3n) is 4.55. The maximum absolute atomic E-state index is 13.3. The molecule has 2 atom stereocenters. The van der Waals surface area contributed by atoms with Gasteiger partial charge in [0.1, 0.15) is 5.82 Å². The molecule has 3 aromatic rings. The van der Waals surface area contributed by atoms with E-state index in [9.17, 15) is 9.18 Å². The van der Waals surface area contributed by atoms with E-state index in [1.54, 1.807) is 12.1 Å². The summed E-state index contributed by atoms with van der Waals surface area (Å²) < 4.78 is 14.0. The highest BCUT2D eigenvalue weighted by molar-refractivity contribution is 8.02. The quantitative estimate of drug-likeness (QED) is 0.603. The Morgan fingerprint density at radius 2 is 2.11 bits per heavy atom. The molecule has 2 aromatic carbocycles. The standard InChI is InChI=1S/C20H19FN4OS2/c1-12-10-14-6-3-4-9-17(14)25(12)18(26)13(2)27-20-24-23-19(28-20)22-16-8-5-7-15(21)11-16/h3-9,11-13H,10H2,1-2H3,(H,22,23)/t12-,13+/m0/s1. The van der Waals surface area contributed by atoms with Crippen molar-refractivity contribution >= 4 is 45.5 Å². The Bertz CT molecular complexity index is 1010. The van der Waals surface area contributed by atoms with Crippen LogP contribution in [0.25, 0.3) is 0 Å². The molecule has 0 bridgehead atoms. The molecule has 0 aliphatic carbocycles. The lowest BCUT2D eigenvalue weighted by atomic mass is 10.1. The van der Waals surface area contributed by atoms with Gasteiger partial charge in [-0.15, -0.1) is 10.2 Å². The molecule has 144 valence electrons. The Labute approximate surface area is 171 Å². The molecule has 1 amide bonds. The second kappa shape index (κ2) is 7.89. The Kier molecular flexibility index (Phi) is 5.32. The van der Waals surface area contributed by atoms with E-state index in [0.29, 0.717) is 15.2 Å². The monoisotopic (exact) mass is 414 g/mol.